The van der Waals surface area contributed by atoms with Crippen LogP contribution in [0.2, 0.25) is 0 Å². The third-order valence-corrected chi connectivity index (χ3v) is 4.94. The van der Waals surface area contributed by atoms with Crippen LogP contribution in [0.1, 0.15) is 27.7 Å². The van der Waals surface area contributed by atoms with Crippen molar-refractivity contribution in [2.45, 2.75) is 68.6 Å². The van der Waals surface area contributed by atoms with Crippen LogP contribution >= 0.6 is 11.8 Å². The Morgan fingerprint density at radius 3 is 2.40 bits per heavy atom. The number of ether oxygens (including phenoxy) is 4. The van der Waals surface area contributed by atoms with Crippen LogP contribution in [0.5, 0.6) is 0 Å². The molecule has 0 unspecified atom stereocenters. The summed E-state index contributed by atoms with van der Waals surface area (Å²) in [6.07, 6.45) is -0.00836. The molecule has 0 bridgehead atoms. The van der Waals surface area contributed by atoms with E-state index in [9.17, 15) is 5.11 Å². The van der Waals surface area contributed by atoms with Gasteiger partial charge in [0.2, 0.25) is 0 Å². The van der Waals surface area contributed by atoms with E-state index in [1.807, 2.05) is 57.4 Å². The molecule has 0 amide bonds. The summed E-state index contributed by atoms with van der Waals surface area (Å²) in [5, 5.41) is 12.3. The van der Waals surface area contributed by atoms with Gasteiger partial charge in [0.05, 0.1) is 6.61 Å². The van der Waals surface area contributed by atoms with E-state index in [4.69, 9.17) is 18.9 Å². The predicted molar refractivity (Wildman–Crippen MR) is 96.2 cm³/mol. The second kappa shape index (κ2) is 7.39. The van der Waals surface area contributed by atoms with Gasteiger partial charge in [0.15, 0.2) is 11.6 Å². The lowest BCUT2D eigenvalue weighted by atomic mass is 10.0. The summed E-state index contributed by atoms with van der Waals surface area (Å²) < 4.78 is 23.5. The van der Waals surface area contributed by atoms with Crippen molar-refractivity contribution in [2.24, 2.45) is 0 Å². The van der Waals surface area contributed by atoms with Crippen molar-refractivity contribution in [3.8, 4) is 0 Å². The zero-order valence-electron chi connectivity index (χ0n) is 15.0. The maximum Gasteiger partial charge on any atom is 0.164 e. The first-order chi connectivity index (χ1) is 11.8. The van der Waals surface area contributed by atoms with Crippen LogP contribution in [0.3, 0.4) is 0 Å². The fraction of sp³-hybridized carbons (Fsp3) is 0.579. The van der Waals surface area contributed by atoms with Crippen LogP contribution in [-0.2, 0) is 18.9 Å². The van der Waals surface area contributed by atoms with Crippen molar-refractivity contribution in [2.75, 3.05) is 6.61 Å². The number of aliphatic hydroxyl groups is 1. The minimum absolute atomic E-state index is 0.215. The van der Waals surface area contributed by atoms with Crippen LogP contribution in [0.15, 0.2) is 46.7 Å². The Hall–Kier alpha value is -0.890. The molecule has 2 fully saturated rings. The Balaban J connectivity index is 1.72. The molecule has 1 N–H and O–H groups in total. The highest BCUT2D eigenvalue weighted by atomic mass is 32.2. The van der Waals surface area contributed by atoms with Crippen LogP contribution in [0.25, 0.3) is 0 Å². The quantitative estimate of drug-likeness (QED) is 0.825. The number of aliphatic hydroxyl groups excluding tert-OH is 1. The molecule has 5 nitrogen and oxygen atoms in total. The zero-order valence-corrected chi connectivity index (χ0v) is 15.9. The highest BCUT2D eigenvalue weighted by molar-refractivity contribution is 8.02. The van der Waals surface area contributed by atoms with Gasteiger partial charge < -0.3 is 24.1 Å². The van der Waals surface area contributed by atoms with Crippen molar-refractivity contribution >= 4 is 11.8 Å². The molecule has 6 heteroatoms. The van der Waals surface area contributed by atoms with E-state index >= 15 is 0 Å². The monoisotopic (exact) mass is 366 g/mol. The number of thioether (sulfide) groups is 1. The highest BCUT2D eigenvalue weighted by Gasteiger charge is 2.50. The summed E-state index contributed by atoms with van der Waals surface area (Å²) in [6.45, 7) is 7.63. The molecule has 0 spiro atoms. The molecule has 2 aliphatic heterocycles. The van der Waals surface area contributed by atoms with Gasteiger partial charge in [0.1, 0.15) is 24.4 Å². The molecule has 2 heterocycles. The van der Waals surface area contributed by atoms with Gasteiger partial charge in [-0.3, -0.25) is 0 Å². The third kappa shape index (κ3) is 4.84. The average molecular weight is 366 g/mol. The van der Waals surface area contributed by atoms with Crippen molar-refractivity contribution in [1.29, 1.82) is 0 Å². The molecule has 2 aliphatic rings. The standard InChI is InChI=1S/C19H26O5S/c1-18(2)21-12-14(20)16(23-18)17-15(22-19(3,4)24-17)10-11-25-13-8-6-5-7-9-13/h5-11,14-17,20H,12H2,1-4H3/b11-10+/t14-,15-,16-,17-/m1/s1. The van der Waals surface area contributed by atoms with E-state index in [1.54, 1.807) is 11.8 Å². The van der Waals surface area contributed by atoms with Crippen molar-refractivity contribution < 1.29 is 24.1 Å². The van der Waals surface area contributed by atoms with Gasteiger partial charge >= 0.3 is 0 Å². The number of hydrogen-bond acceptors (Lipinski definition) is 6. The fourth-order valence-electron chi connectivity index (χ4n) is 3.02. The van der Waals surface area contributed by atoms with Gasteiger partial charge in [0, 0.05) is 4.90 Å². The van der Waals surface area contributed by atoms with E-state index in [1.165, 1.54) is 0 Å². The molecule has 1 aromatic rings. The Labute approximate surface area is 153 Å². The first-order valence-electron chi connectivity index (χ1n) is 8.50. The summed E-state index contributed by atoms with van der Waals surface area (Å²) in [7, 11) is 0. The fourth-order valence-corrected chi connectivity index (χ4v) is 3.73. The minimum atomic E-state index is -0.757. The molecule has 25 heavy (non-hydrogen) atoms. The molecular formula is C19H26O5S. The molecule has 0 saturated carbocycles. The van der Waals surface area contributed by atoms with Gasteiger partial charge in [-0.25, -0.2) is 0 Å². The number of hydrogen-bond donors (Lipinski definition) is 1. The van der Waals surface area contributed by atoms with Gasteiger partial charge in [-0.1, -0.05) is 30.0 Å². The second-order valence-electron chi connectivity index (χ2n) is 7.18. The van der Waals surface area contributed by atoms with Crippen LogP contribution in [-0.4, -0.2) is 47.7 Å². The minimum Gasteiger partial charge on any atom is -0.388 e. The van der Waals surface area contributed by atoms with Crippen molar-refractivity contribution in [3.05, 3.63) is 41.8 Å². The summed E-state index contributed by atoms with van der Waals surface area (Å²) >= 11 is 1.61. The largest absolute Gasteiger partial charge is 0.388 e. The second-order valence-corrected chi connectivity index (χ2v) is 8.16. The number of benzene rings is 1. The van der Waals surface area contributed by atoms with Crippen LogP contribution < -0.4 is 0 Å². The first kappa shape index (κ1) is 18.9. The summed E-state index contributed by atoms with van der Waals surface area (Å²) in [4.78, 5) is 1.15. The van der Waals surface area contributed by atoms with E-state index in [2.05, 4.69) is 12.1 Å². The molecular weight excluding hydrogens is 340 g/mol. The Morgan fingerprint density at radius 1 is 1.00 bits per heavy atom. The van der Waals surface area contributed by atoms with Gasteiger partial charge in [-0.05, 0) is 51.3 Å². The predicted octanol–water partition coefficient (Wildman–Crippen LogP) is 3.32. The van der Waals surface area contributed by atoms with Gasteiger partial charge in [0.25, 0.3) is 0 Å². The average Bonchev–Trinajstić information content (AvgIpc) is 2.85. The van der Waals surface area contributed by atoms with Crippen molar-refractivity contribution in [1.82, 2.24) is 0 Å². The number of rotatable bonds is 4. The van der Waals surface area contributed by atoms with E-state index in [-0.39, 0.29) is 12.7 Å². The molecule has 0 aliphatic carbocycles. The van der Waals surface area contributed by atoms with Crippen molar-refractivity contribution in [3.63, 3.8) is 0 Å². The maximum absolute atomic E-state index is 10.3. The smallest absolute Gasteiger partial charge is 0.164 e. The Bertz CT molecular complexity index is 601. The normalized spacial score (nSPS) is 34.4. The molecule has 4 atom stereocenters. The highest BCUT2D eigenvalue weighted by Crippen LogP contribution is 2.36. The summed E-state index contributed by atoms with van der Waals surface area (Å²) in [5.41, 5.74) is 0. The van der Waals surface area contributed by atoms with E-state index in [0.29, 0.717) is 0 Å². The molecule has 1 aromatic carbocycles. The maximum atomic E-state index is 10.3. The lowest BCUT2D eigenvalue weighted by Gasteiger charge is -2.41. The van der Waals surface area contributed by atoms with E-state index in [0.717, 1.165) is 4.90 Å². The molecule has 138 valence electrons. The third-order valence-electron chi connectivity index (χ3n) is 4.10. The molecule has 0 aromatic heterocycles. The topological polar surface area (TPSA) is 57.2 Å². The summed E-state index contributed by atoms with van der Waals surface area (Å²) in [5.74, 6) is -1.49. The zero-order chi connectivity index (χ0) is 18.1. The lowest BCUT2D eigenvalue weighted by molar-refractivity contribution is -0.322. The van der Waals surface area contributed by atoms with Crippen LogP contribution in [0.4, 0.5) is 0 Å². The van der Waals surface area contributed by atoms with Gasteiger partial charge in [-0.15, -0.1) is 0 Å². The van der Waals surface area contributed by atoms with E-state index < -0.39 is 29.9 Å². The molecule has 3 rings (SSSR count). The Kier molecular flexibility index (Phi) is 5.58. The first-order valence-corrected chi connectivity index (χ1v) is 9.38. The molecule has 0 radical (unpaired) electrons. The van der Waals surface area contributed by atoms with Gasteiger partial charge in [-0.2, -0.15) is 0 Å². The summed E-state index contributed by atoms with van der Waals surface area (Å²) in [6, 6.07) is 10.1. The molecule has 2 saturated heterocycles. The lowest BCUT2D eigenvalue weighted by Crippen LogP contribution is -2.55. The van der Waals surface area contributed by atoms with Crippen LogP contribution in [0, 0.1) is 0 Å². The Morgan fingerprint density at radius 2 is 1.68 bits per heavy atom. The SMILES string of the molecule is CC1(C)OC[C@@H](O)[C@H]([C@@H]2OC(C)(C)O[C@@H]2/C=C/Sc2ccccc2)O1.